The van der Waals surface area contributed by atoms with Crippen molar-refractivity contribution >= 4 is 97.2 Å². The van der Waals surface area contributed by atoms with Crippen molar-refractivity contribution in [2.45, 2.75) is 68.1 Å². The zero-order valence-corrected chi connectivity index (χ0v) is 44.0. The van der Waals surface area contributed by atoms with Gasteiger partial charge in [-0.25, -0.2) is 28.0 Å². The summed E-state index contributed by atoms with van der Waals surface area (Å²) in [6.45, 7) is 6.29. The first-order valence-corrected chi connectivity index (χ1v) is 24.8. The van der Waals surface area contributed by atoms with Gasteiger partial charge in [0.15, 0.2) is 30.7 Å². The van der Waals surface area contributed by atoms with E-state index in [9.17, 15) is 32.0 Å². The molecule has 384 valence electrons. The predicted molar refractivity (Wildman–Crippen MR) is 271 cm³/mol. The van der Waals surface area contributed by atoms with E-state index in [0.717, 1.165) is 47.7 Å². The predicted octanol–water partition coefficient (Wildman–Crippen LogP) is 10.8. The Labute approximate surface area is 438 Å². The molecule has 0 amide bonds. The molecule has 0 saturated carbocycles. The zero-order chi connectivity index (χ0) is 53.1. The first kappa shape index (κ1) is 58.6. The third-order valence-electron chi connectivity index (χ3n) is 9.85. The molecule has 0 radical (unpaired) electrons. The molecule has 5 aromatic rings. The van der Waals surface area contributed by atoms with Gasteiger partial charge in [0.25, 0.3) is 10.1 Å². The number of nitrogens with zero attached hydrogens (tertiary/aromatic N) is 2. The smallest absolute Gasteiger partial charge is 0.338 e. The highest BCUT2D eigenvalue weighted by molar-refractivity contribution is 9.09. The molecule has 15 nitrogen and oxygen atoms in total. The maximum atomic E-state index is 15.5. The standard InChI is InChI=1S/C28H25Cl3FNO8S.C22H23BrFNO5/c1-16-4-8-18(9-5-16)27(34)39-15-24(41-42(36,37)25-13-21(30)20(29)12-22(25)31)26(23(32)14-33-38-3)40-28(35)19-10-6-17(2)7-11-19;1-14-4-8-16(9-5-14)21(26)29-13-18(23)20(19(24)12-25-28-3)30-22(27)17-10-6-15(2)7-11-17/h4-14,23-24,26H,15H2,1-3H3;4-12,18-20H,13H2,1-3H3/t23-,24-,26+;18-,19+,20+/m10/s1. The van der Waals surface area contributed by atoms with Crippen LogP contribution in [0.3, 0.4) is 0 Å². The quantitative estimate of drug-likeness (QED) is 0.0128. The SMILES string of the molecule is CON=C[C@@H](F)[C@H](OC(=O)c1ccc(C)cc1)[C@@H](Br)COC(=O)c1ccc(C)cc1.CON=C[C@@H](F)[C@H](OC(=O)c1ccc(C)cc1)[C@@H](COC(=O)c1ccc(C)cc1)OS(=O)(=O)c1cc(Cl)c(Cl)cc1Cl. The van der Waals surface area contributed by atoms with Crippen molar-refractivity contribution in [3.05, 3.63) is 169 Å². The molecule has 0 spiro atoms. The van der Waals surface area contributed by atoms with Crippen LogP contribution < -0.4 is 0 Å². The van der Waals surface area contributed by atoms with Gasteiger partial charge in [-0.3, -0.25) is 4.18 Å². The summed E-state index contributed by atoms with van der Waals surface area (Å²) in [5, 5.41) is 6.20. The largest absolute Gasteiger partial charge is 0.461 e. The van der Waals surface area contributed by atoms with Crippen LogP contribution in [0, 0.1) is 27.7 Å². The minimum atomic E-state index is -4.85. The van der Waals surface area contributed by atoms with Crippen LogP contribution in [0.1, 0.15) is 63.7 Å². The van der Waals surface area contributed by atoms with Crippen molar-refractivity contribution in [2.24, 2.45) is 10.3 Å². The average Bonchev–Trinajstić information content (AvgIpc) is 3.35. The topological polar surface area (TPSA) is 192 Å². The second kappa shape index (κ2) is 28.3. The van der Waals surface area contributed by atoms with Gasteiger partial charge in [0.05, 0.1) is 54.6 Å². The number of aryl methyl sites for hydroxylation is 4. The summed E-state index contributed by atoms with van der Waals surface area (Å²) in [5.74, 6) is -3.16. The first-order chi connectivity index (χ1) is 34.1. The van der Waals surface area contributed by atoms with Crippen LogP contribution in [0.2, 0.25) is 15.1 Å². The third-order valence-corrected chi connectivity index (χ3v) is 13.2. The van der Waals surface area contributed by atoms with E-state index in [0.29, 0.717) is 11.8 Å². The van der Waals surface area contributed by atoms with Gasteiger partial charge in [0, 0.05) is 0 Å². The summed E-state index contributed by atoms with van der Waals surface area (Å²) < 4.78 is 83.5. The van der Waals surface area contributed by atoms with E-state index in [-0.39, 0.29) is 38.4 Å². The van der Waals surface area contributed by atoms with Crippen LogP contribution in [0.25, 0.3) is 0 Å². The van der Waals surface area contributed by atoms with Crippen LogP contribution in [0.4, 0.5) is 8.78 Å². The van der Waals surface area contributed by atoms with Crippen LogP contribution in [0.5, 0.6) is 0 Å². The molecule has 6 atom stereocenters. The Morgan fingerprint density at radius 3 is 1.31 bits per heavy atom. The molecule has 0 N–H and O–H groups in total. The normalized spacial score (nSPS) is 13.9. The number of oxime groups is 2. The molecule has 0 aliphatic rings. The molecule has 72 heavy (non-hydrogen) atoms. The number of hydrogen-bond acceptors (Lipinski definition) is 15. The Kier molecular flexibility index (Phi) is 23.1. The third kappa shape index (κ3) is 18.0. The number of carbonyl (C=O) groups is 4. The fourth-order valence-electron chi connectivity index (χ4n) is 5.90. The number of halogens is 6. The lowest BCUT2D eigenvalue weighted by Gasteiger charge is -2.27. The van der Waals surface area contributed by atoms with E-state index in [1.807, 2.05) is 20.8 Å². The number of alkyl halides is 3. The summed E-state index contributed by atoms with van der Waals surface area (Å²) in [6.07, 6.45) is -7.83. The highest BCUT2D eigenvalue weighted by atomic mass is 79.9. The van der Waals surface area contributed by atoms with E-state index in [2.05, 4.69) is 35.9 Å². The second-order valence-corrected chi connectivity index (χ2v) is 19.4. The number of rotatable bonds is 21. The van der Waals surface area contributed by atoms with Crippen LogP contribution in [-0.4, -0.2) is 108 Å². The van der Waals surface area contributed by atoms with Crippen molar-refractivity contribution in [1.82, 2.24) is 0 Å². The monoisotopic (exact) mass is 1140 g/mol. The number of esters is 4. The lowest BCUT2D eigenvalue weighted by atomic mass is 10.1. The Morgan fingerprint density at radius 1 is 0.556 bits per heavy atom. The summed E-state index contributed by atoms with van der Waals surface area (Å²) >= 11 is 21.3. The van der Waals surface area contributed by atoms with Gasteiger partial charge in [0.1, 0.15) is 32.3 Å². The molecular weight excluding hydrogens is 1090 g/mol. The molecule has 22 heteroatoms. The number of ether oxygens (including phenoxy) is 4. The maximum Gasteiger partial charge on any atom is 0.338 e. The average molecular weight is 1140 g/mol. The maximum absolute atomic E-state index is 15.5. The zero-order valence-electron chi connectivity index (χ0n) is 39.3. The molecule has 0 aliphatic heterocycles. The highest BCUT2D eigenvalue weighted by Gasteiger charge is 2.40. The van der Waals surface area contributed by atoms with Gasteiger partial charge < -0.3 is 28.6 Å². The number of hydrogen-bond donors (Lipinski definition) is 0. The molecule has 0 saturated heterocycles. The molecule has 0 bridgehead atoms. The first-order valence-electron chi connectivity index (χ1n) is 21.3. The van der Waals surface area contributed by atoms with Gasteiger partial charge in [-0.15, -0.1) is 0 Å². The Hall–Kier alpha value is -5.96. The van der Waals surface area contributed by atoms with Gasteiger partial charge >= 0.3 is 23.9 Å². The number of carbonyl (C=O) groups excluding carboxylic acids is 4. The summed E-state index contributed by atoms with van der Waals surface area (Å²) in [4.78, 5) is 58.0. The number of benzene rings is 5. The second-order valence-electron chi connectivity index (χ2n) is 15.5. The molecule has 0 aliphatic carbocycles. The molecule has 0 heterocycles. The Bertz CT molecular complexity index is 2790. The Balaban J connectivity index is 0.000000331. The van der Waals surface area contributed by atoms with Crippen molar-refractivity contribution in [1.29, 1.82) is 0 Å². The van der Waals surface area contributed by atoms with E-state index >= 15 is 4.39 Å². The fraction of sp³-hybridized carbons (Fsp3) is 0.280. The fourth-order valence-corrected chi connectivity index (χ4v) is 8.48. The van der Waals surface area contributed by atoms with Crippen molar-refractivity contribution in [2.75, 3.05) is 27.4 Å². The van der Waals surface area contributed by atoms with E-state index in [4.69, 9.17) is 57.9 Å². The minimum absolute atomic E-state index is 0.0336. The van der Waals surface area contributed by atoms with Crippen molar-refractivity contribution in [3.63, 3.8) is 0 Å². The lowest BCUT2D eigenvalue weighted by molar-refractivity contribution is -0.0478. The summed E-state index contributed by atoms with van der Waals surface area (Å²) in [7, 11) is -2.44. The molecule has 5 rings (SSSR count). The summed E-state index contributed by atoms with van der Waals surface area (Å²) in [6, 6.07) is 27.9. The van der Waals surface area contributed by atoms with Gasteiger partial charge in [-0.1, -0.05) is 132 Å². The van der Waals surface area contributed by atoms with E-state index in [1.54, 1.807) is 79.7 Å². The van der Waals surface area contributed by atoms with Crippen molar-refractivity contribution < 1.29 is 69.2 Å². The van der Waals surface area contributed by atoms with E-state index in [1.165, 1.54) is 31.4 Å². The van der Waals surface area contributed by atoms with Gasteiger partial charge in [0.2, 0.25) is 0 Å². The molecular formula is C50H48BrCl3F2N2O13S. The molecule has 0 fully saturated rings. The van der Waals surface area contributed by atoms with Crippen LogP contribution in [0.15, 0.2) is 124 Å². The van der Waals surface area contributed by atoms with Crippen molar-refractivity contribution in [3.8, 4) is 0 Å². The lowest BCUT2D eigenvalue weighted by Crippen LogP contribution is -2.45. The Morgan fingerprint density at radius 2 is 0.903 bits per heavy atom. The highest BCUT2D eigenvalue weighted by Crippen LogP contribution is 2.34. The summed E-state index contributed by atoms with van der Waals surface area (Å²) in [5.41, 5.74) is 4.49. The van der Waals surface area contributed by atoms with Crippen LogP contribution >= 0.6 is 50.7 Å². The molecule has 0 aromatic heterocycles. The van der Waals surface area contributed by atoms with E-state index < -0.39 is 81.0 Å². The van der Waals surface area contributed by atoms with Crippen LogP contribution in [-0.2, 0) is 42.9 Å². The van der Waals surface area contributed by atoms with Gasteiger partial charge in [-0.05, 0) is 88.4 Å². The molecule has 5 aromatic carbocycles. The van der Waals surface area contributed by atoms with Gasteiger partial charge in [-0.2, -0.15) is 8.42 Å². The minimum Gasteiger partial charge on any atom is -0.461 e. The molecule has 0 unspecified atom stereocenters.